The van der Waals surface area contributed by atoms with Gasteiger partial charge in [-0.1, -0.05) is 59.8 Å². The lowest BCUT2D eigenvalue weighted by Crippen LogP contribution is -2.30. The predicted octanol–water partition coefficient (Wildman–Crippen LogP) is 4.72. The average molecular weight is 420 g/mol. The zero-order valence-electron chi connectivity index (χ0n) is 16.5. The standard InChI is InChI=1S/C23H21N3O3S/c1-16-7-2-5-10-20(16)22-24-23(29-25-22)21-11-6-14-26(21)30(27,28)19-13-12-17-8-3-4-9-18(17)15-19/h2-5,7-10,12-13,15,21H,6,11,14H2,1H3. The minimum Gasteiger partial charge on any atom is -0.337 e. The first-order valence-corrected chi connectivity index (χ1v) is 11.4. The van der Waals surface area contributed by atoms with Crippen LogP contribution in [0.1, 0.15) is 30.3 Å². The van der Waals surface area contributed by atoms with Crippen molar-refractivity contribution >= 4 is 20.8 Å². The molecule has 0 saturated carbocycles. The van der Waals surface area contributed by atoms with Gasteiger partial charge in [0, 0.05) is 12.1 Å². The van der Waals surface area contributed by atoms with E-state index in [4.69, 9.17) is 4.52 Å². The second-order valence-electron chi connectivity index (χ2n) is 7.55. The normalized spacial score (nSPS) is 17.6. The summed E-state index contributed by atoms with van der Waals surface area (Å²) in [5, 5.41) is 6.02. The first kappa shape index (κ1) is 19.0. The first-order valence-electron chi connectivity index (χ1n) is 9.94. The second-order valence-corrected chi connectivity index (χ2v) is 9.44. The van der Waals surface area contributed by atoms with Crippen LogP contribution in [0, 0.1) is 6.92 Å². The number of rotatable bonds is 4. The molecule has 2 heterocycles. The molecule has 1 aliphatic heterocycles. The van der Waals surface area contributed by atoms with Crippen molar-refractivity contribution in [3.63, 3.8) is 0 Å². The van der Waals surface area contributed by atoms with E-state index in [2.05, 4.69) is 10.1 Å². The quantitative estimate of drug-likeness (QED) is 0.478. The summed E-state index contributed by atoms with van der Waals surface area (Å²) in [5.74, 6) is 0.827. The highest BCUT2D eigenvalue weighted by Gasteiger charge is 2.39. The van der Waals surface area contributed by atoms with Gasteiger partial charge in [-0.25, -0.2) is 8.42 Å². The van der Waals surface area contributed by atoms with Crippen LogP contribution in [-0.4, -0.2) is 29.4 Å². The number of aryl methyl sites for hydroxylation is 1. The van der Waals surface area contributed by atoms with Gasteiger partial charge in [-0.15, -0.1) is 0 Å². The van der Waals surface area contributed by atoms with Gasteiger partial charge in [-0.2, -0.15) is 9.29 Å². The molecule has 3 aromatic carbocycles. The van der Waals surface area contributed by atoms with E-state index < -0.39 is 16.1 Å². The number of benzene rings is 3. The fourth-order valence-electron chi connectivity index (χ4n) is 4.04. The van der Waals surface area contributed by atoms with Crippen LogP contribution in [-0.2, 0) is 10.0 Å². The van der Waals surface area contributed by atoms with E-state index in [1.54, 1.807) is 12.1 Å². The molecule has 1 fully saturated rings. The monoisotopic (exact) mass is 419 g/mol. The van der Waals surface area contributed by atoms with Crippen molar-refractivity contribution in [3.05, 3.63) is 78.2 Å². The molecule has 0 bridgehead atoms. The number of hydrogen-bond donors (Lipinski definition) is 0. The molecule has 7 heteroatoms. The molecule has 4 aromatic rings. The minimum atomic E-state index is -3.69. The Morgan fingerprint density at radius 3 is 2.60 bits per heavy atom. The van der Waals surface area contributed by atoms with Gasteiger partial charge in [0.05, 0.1) is 4.90 Å². The molecule has 152 valence electrons. The van der Waals surface area contributed by atoms with Crippen LogP contribution >= 0.6 is 0 Å². The first-order chi connectivity index (χ1) is 14.5. The topological polar surface area (TPSA) is 76.3 Å². The Balaban J connectivity index is 1.49. The highest BCUT2D eigenvalue weighted by atomic mass is 32.2. The zero-order valence-corrected chi connectivity index (χ0v) is 17.3. The fourth-order valence-corrected chi connectivity index (χ4v) is 5.73. The van der Waals surface area contributed by atoms with Gasteiger partial charge in [0.25, 0.3) is 0 Å². The lowest BCUT2D eigenvalue weighted by molar-refractivity contribution is 0.290. The van der Waals surface area contributed by atoms with E-state index in [-0.39, 0.29) is 4.90 Å². The van der Waals surface area contributed by atoms with Crippen LogP contribution in [0.5, 0.6) is 0 Å². The summed E-state index contributed by atoms with van der Waals surface area (Å²) in [5.41, 5.74) is 1.92. The van der Waals surface area contributed by atoms with Crippen molar-refractivity contribution in [3.8, 4) is 11.4 Å². The summed E-state index contributed by atoms with van der Waals surface area (Å²) in [6.07, 6.45) is 1.40. The van der Waals surface area contributed by atoms with Crippen LogP contribution in [0.3, 0.4) is 0 Å². The molecule has 0 spiro atoms. The van der Waals surface area contributed by atoms with Crippen LogP contribution in [0.4, 0.5) is 0 Å². The highest BCUT2D eigenvalue weighted by Crippen LogP contribution is 2.37. The summed E-state index contributed by atoms with van der Waals surface area (Å²) < 4.78 is 33.9. The third-order valence-electron chi connectivity index (χ3n) is 5.64. The molecule has 0 amide bonds. The van der Waals surface area contributed by atoms with Crippen molar-refractivity contribution in [2.75, 3.05) is 6.54 Å². The van der Waals surface area contributed by atoms with Crippen LogP contribution < -0.4 is 0 Å². The van der Waals surface area contributed by atoms with Crippen molar-refractivity contribution < 1.29 is 12.9 Å². The third kappa shape index (κ3) is 3.20. The van der Waals surface area contributed by atoms with E-state index in [9.17, 15) is 8.42 Å². The fraction of sp³-hybridized carbons (Fsp3) is 0.217. The van der Waals surface area contributed by atoms with Gasteiger partial charge in [0.15, 0.2) is 0 Å². The van der Waals surface area contributed by atoms with Crippen LogP contribution in [0.25, 0.3) is 22.2 Å². The van der Waals surface area contributed by atoms with E-state index in [1.165, 1.54) is 4.31 Å². The number of hydrogen-bond acceptors (Lipinski definition) is 5. The van der Waals surface area contributed by atoms with E-state index in [1.807, 2.05) is 61.5 Å². The molecule has 1 unspecified atom stereocenters. The lowest BCUT2D eigenvalue weighted by atomic mass is 10.1. The van der Waals surface area contributed by atoms with E-state index in [0.717, 1.165) is 28.3 Å². The Hall–Kier alpha value is -3.03. The summed E-state index contributed by atoms with van der Waals surface area (Å²) >= 11 is 0. The largest absolute Gasteiger partial charge is 0.337 e. The maximum Gasteiger partial charge on any atom is 0.245 e. The zero-order chi connectivity index (χ0) is 20.7. The van der Waals surface area contributed by atoms with Crippen LogP contribution in [0.2, 0.25) is 0 Å². The molecular formula is C23H21N3O3S. The smallest absolute Gasteiger partial charge is 0.245 e. The third-order valence-corrected chi connectivity index (χ3v) is 7.55. The maximum absolute atomic E-state index is 13.4. The van der Waals surface area contributed by atoms with Crippen molar-refractivity contribution in [2.24, 2.45) is 0 Å². The molecule has 1 aromatic heterocycles. The number of sulfonamides is 1. The molecule has 0 N–H and O–H groups in total. The second kappa shape index (κ2) is 7.34. The predicted molar refractivity (Wildman–Crippen MR) is 114 cm³/mol. The number of aromatic nitrogens is 2. The molecule has 5 rings (SSSR count). The van der Waals surface area contributed by atoms with Crippen LogP contribution in [0.15, 0.2) is 76.1 Å². The van der Waals surface area contributed by atoms with Gasteiger partial charge in [-0.05, 0) is 48.2 Å². The number of nitrogens with zero attached hydrogens (tertiary/aromatic N) is 3. The van der Waals surface area contributed by atoms with Gasteiger partial charge in [0.2, 0.25) is 21.7 Å². The van der Waals surface area contributed by atoms with E-state index >= 15 is 0 Å². The van der Waals surface area contributed by atoms with Gasteiger partial charge < -0.3 is 4.52 Å². The van der Waals surface area contributed by atoms with E-state index in [0.29, 0.717) is 24.7 Å². The molecule has 1 saturated heterocycles. The summed E-state index contributed by atoms with van der Waals surface area (Å²) in [6.45, 7) is 2.42. The molecule has 1 aliphatic rings. The highest BCUT2D eigenvalue weighted by molar-refractivity contribution is 7.89. The SMILES string of the molecule is Cc1ccccc1-c1noc(C2CCCN2S(=O)(=O)c2ccc3ccccc3c2)n1. The number of fused-ring (bicyclic) bond motifs is 1. The summed E-state index contributed by atoms with van der Waals surface area (Å²) in [4.78, 5) is 4.83. The van der Waals surface area contributed by atoms with Crippen molar-refractivity contribution in [2.45, 2.75) is 30.7 Å². The molecule has 0 radical (unpaired) electrons. The lowest BCUT2D eigenvalue weighted by Gasteiger charge is -2.21. The van der Waals surface area contributed by atoms with Crippen molar-refractivity contribution in [1.29, 1.82) is 0 Å². The van der Waals surface area contributed by atoms with Gasteiger partial charge >= 0.3 is 0 Å². The maximum atomic E-state index is 13.4. The Morgan fingerprint density at radius 2 is 1.77 bits per heavy atom. The molecule has 1 atom stereocenters. The molecule has 0 aliphatic carbocycles. The Morgan fingerprint density at radius 1 is 1.00 bits per heavy atom. The molecular weight excluding hydrogens is 398 g/mol. The average Bonchev–Trinajstić information content (AvgIpc) is 3.43. The van der Waals surface area contributed by atoms with Gasteiger partial charge in [-0.3, -0.25) is 0 Å². The van der Waals surface area contributed by atoms with Crippen molar-refractivity contribution in [1.82, 2.24) is 14.4 Å². The summed E-state index contributed by atoms with van der Waals surface area (Å²) in [7, 11) is -3.69. The van der Waals surface area contributed by atoms with Gasteiger partial charge in [0.1, 0.15) is 6.04 Å². The molecule has 6 nitrogen and oxygen atoms in total. The Bertz CT molecular complexity index is 1330. The minimum absolute atomic E-state index is 0.284. The summed E-state index contributed by atoms with van der Waals surface area (Å²) in [6, 6.07) is 20.3. The Kier molecular flexibility index (Phi) is 4.64. The molecule has 30 heavy (non-hydrogen) atoms. The Labute approximate surface area is 175 Å².